The molecule has 0 aliphatic heterocycles. The van der Waals surface area contributed by atoms with E-state index in [0.29, 0.717) is 22.8 Å². The average Bonchev–Trinajstić information content (AvgIpc) is 2.70. The summed E-state index contributed by atoms with van der Waals surface area (Å²) in [5, 5.41) is 7.39. The molecule has 2 rings (SSSR count). The Bertz CT molecular complexity index is 600. The van der Waals surface area contributed by atoms with E-state index in [9.17, 15) is 4.79 Å². The molecule has 1 heterocycles. The molecule has 0 saturated heterocycles. The van der Waals surface area contributed by atoms with Crippen molar-refractivity contribution in [1.82, 2.24) is 9.78 Å². The zero-order valence-electron chi connectivity index (χ0n) is 11.1. The van der Waals surface area contributed by atoms with Gasteiger partial charge in [-0.15, -0.1) is 0 Å². The second-order valence-corrected chi connectivity index (χ2v) is 4.21. The minimum absolute atomic E-state index is 0.410. The summed E-state index contributed by atoms with van der Waals surface area (Å²) in [5.41, 5.74) is 8.52. The van der Waals surface area contributed by atoms with E-state index in [-0.39, 0.29) is 0 Å². The van der Waals surface area contributed by atoms with E-state index in [1.807, 2.05) is 20.0 Å². The SMILES string of the molecule is COC(=O)c1ccc(Nc2cc(C)n(C)n2)c(N)c1. The summed E-state index contributed by atoms with van der Waals surface area (Å²) in [7, 11) is 3.20. The molecule has 0 aliphatic rings. The number of aryl methyl sites for hydroxylation is 2. The fraction of sp³-hybridized carbons (Fsp3) is 0.231. The second kappa shape index (κ2) is 5.01. The first kappa shape index (κ1) is 12.9. The molecule has 6 nitrogen and oxygen atoms in total. The molecule has 3 N–H and O–H groups in total. The molecule has 100 valence electrons. The van der Waals surface area contributed by atoms with Gasteiger partial charge in [-0.25, -0.2) is 4.79 Å². The molecule has 0 spiro atoms. The Morgan fingerprint density at radius 2 is 2.16 bits per heavy atom. The molecular formula is C13H16N4O2. The van der Waals surface area contributed by atoms with Crippen LogP contribution in [0.3, 0.4) is 0 Å². The largest absolute Gasteiger partial charge is 0.465 e. The smallest absolute Gasteiger partial charge is 0.337 e. The fourth-order valence-electron chi connectivity index (χ4n) is 1.68. The molecule has 0 saturated carbocycles. The number of rotatable bonds is 3. The summed E-state index contributed by atoms with van der Waals surface area (Å²) < 4.78 is 6.40. The highest BCUT2D eigenvalue weighted by molar-refractivity contribution is 5.92. The van der Waals surface area contributed by atoms with E-state index in [4.69, 9.17) is 5.73 Å². The van der Waals surface area contributed by atoms with Crippen molar-refractivity contribution >= 4 is 23.2 Å². The number of nitrogens with two attached hydrogens (primary N) is 1. The van der Waals surface area contributed by atoms with Crippen molar-refractivity contribution in [2.45, 2.75) is 6.92 Å². The van der Waals surface area contributed by atoms with Gasteiger partial charge in [0.2, 0.25) is 0 Å². The normalized spacial score (nSPS) is 10.3. The zero-order chi connectivity index (χ0) is 14.0. The standard InChI is InChI=1S/C13H16N4O2/c1-8-6-12(16-17(8)2)15-11-5-4-9(7-10(11)14)13(18)19-3/h4-7H,14H2,1-3H3,(H,15,16). The van der Waals surface area contributed by atoms with Gasteiger partial charge in [0.1, 0.15) is 0 Å². The number of nitrogens with one attached hydrogen (secondary N) is 1. The Morgan fingerprint density at radius 3 is 2.68 bits per heavy atom. The van der Waals surface area contributed by atoms with E-state index >= 15 is 0 Å². The molecule has 0 radical (unpaired) electrons. The van der Waals surface area contributed by atoms with Crippen molar-refractivity contribution in [3.63, 3.8) is 0 Å². The number of carbonyl (C=O) groups excluding carboxylic acids is 1. The molecule has 0 amide bonds. The number of benzene rings is 1. The van der Waals surface area contributed by atoms with Gasteiger partial charge in [-0.05, 0) is 25.1 Å². The third kappa shape index (κ3) is 2.67. The molecule has 2 aromatic rings. The number of esters is 1. The number of nitrogens with zero attached hydrogens (tertiary/aromatic N) is 2. The van der Waals surface area contributed by atoms with Crippen LogP contribution in [0.15, 0.2) is 24.3 Å². The Labute approximate surface area is 111 Å². The van der Waals surface area contributed by atoms with Crippen LogP contribution in [-0.2, 0) is 11.8 Å². The van der Waals surface area contributed by atoms with Gasteiger partial charge in [0, 0.05) is 18.8 Å². The van der Waals surface area contributed by atoms with Crippen molar-refractivity contribution in [2.75, 3.05) is 18.2 Å². The van der Waals surface area contributed by atoms with Gasteiger partial charge in [0.05, 0.1) is 24.0 Å². The van der Waals surface area contributed by atoms with Crippen molar-refractivity contribution < 1.29 is 9.53 Å². The third-order valence-electron chi connectivity index (χ3n) is 2.85. The zero-order valence-corrected chi connectivity index (χ0v) is 11.1. The van der Waals surface area contributed by atoms with E-state index in [0.717, 1.165) is 5.69 Å². The van der Waals surface area contributed by atoms with Gasteiger partial charge < -0.3 is 15.8 Å². The lowest BCUT2D eigenvalue weighted by molar-refractivity contribution is 0.0601. The summed E-state index contributed by atoms with van der Waals surface area (Å²) >= 11 is 0. The fourth-order valence-corrected chi connectivity index (χ4v) is 1.68. The number of aromatic nitrogens is 2. The lowest BCUT2D eigenvalue weighted by Crippen LogP contribution is -2.04. The molecule has 1 aromatic heterocycles. The Balaban J connectivity index is 2.24. The molecule has 0 fully saturated rings. The summed E-state index contributed by atoms with van der Waals surface area (Å²) in [5.74, 6) is 0.296. The van der Waals surface area contributed by atoms with E-state index in [1.54, 1.807) is 22.9 Å². The minimum atomic E-state index is -0.410. The number of anilines is 3. The number of methoxy groups -OCH3 is 1. The molecule has 0 unspecified atom stereocenters. The number of hydrogen-bond donors (Lipinski definition) is 2. The molecule has 6 heteroatoms. The van der Waals surface area contributed by atoms with Gasteiger partial charge >= 0.3 is 5.97 Å². The van der Waals surface area contributed by atoms with Crippen LogP contribution < -0.4 is 11.1 Å². The predicted molar refractivity (Wildman–Crippen MR) is 73.4 cm³/mol. The van der Waals surface area contributed by atoms with Crippen LogP contribution in [0.4, 0.5) is 17.2 Å². The quantitative estimate of drug-likeness (QED) is 0.650. The number of nitrogen functional groups attached to an aromatic ring is 1. The van der Waals surface area contributed by atoms with Crippen LogP contribution in [0.1, 0.15) is 16.1 Å². The lowest BCUT2D eigenvalue weighted by Gasteiger charge is -2.08. The highest BCUT2D eigenvalue weighted by atomic mass is 16.5. The maximum Gasteiger partial charge on any atom is 0.337 e. The Kier molecular flexibility index (Phi) is 3.41. The van der Waals surface area contributed by atoms with Crippen LogP contribution in [0.5, 0.6) is 0 Å². The first-order chi connectivity index (χ1) is 9.01. The van der Waals surface area contributed by atoms with Crippen LogP contribution in [0.25, 0.3) is 0 Å². The minimum Gasteiger partial charge on any atom is -0.465 e. The molecule has 0 atom stereocenters. The van der Waals surface area contributed by atoms with Gasteiger partial charge in [-0.2, -0.15) is 5.10 Å². The van der Waals surface area contributed by atoms with E-state index in [1.165, 1.54) is 7.11 Å². The van der Waals surface area contributed by atoms with Crippen molar-refractivity contribution in [2.24, 2.45) is 7.05 Å². The van der Waals surface area contributed by atoms with Crippen molar-refractivity contribution in [3.8, 4) is 0 Å². The Morgan fingerprint density at radius 1 is 1.42 bits per heavy atom. The number of hydrogen-bond acceptors (Lipinski definition) is 5. The molecule has 0 aliphatic carbocycles. The maximum atomic E-state index is 11.4. The van der Waals surface area contributed by atoms with Gasteiger partial charge in [-0.1, -0.05) is 0 Å². The summed E-state index contributed by atoms with van der Waals surface area (Å²) in [4.78, 5) is 11.4. The topological polar surface area (TPSA) is 82.2 Å². The van der Waals surface area contributed by atoms with Crippen LogP contribution in [0.2, 0.25) is 0 Å². The van der Waals surface area contributed by atoms with E-state index < -0.39 is 5.97 Å². The third-order valence-corrected chi connectivity index (χ3v) is 2.85. The monoisotopic (exact) mass is 260 g/mol. The number of ether oxygens (including phenoxy) is 1. The first-order valence-corrected chi connectivity index (χ1v) is 5.76. The van der Waals surface area contributed by atoms with Crippen LogP contribution >= 0.6 is 0 Å². The molecular weight excluding hydrogens is 244 g/mol. The average molecular weight is 260 g/mol. The highest BCUT2D eigenvalue weighted by Crippen LogP contribution is 2.24. The highest BCUT2D eigenvalue weighted by Gasteiger charge is 2.09. The van der Waals surface area contributed by atoms with Crippen LogP contribution in [-0.4, -0.2) is 22.9 Å². The van der Waals surface area contributed by atoms with Gasteiger partial charge in [-0.3, -0.25) is 4.68 Å². The first-order valence-electron chi connectivity index (χ1n) is 5.76. The van der Waals surface area contributed by atoms with Gasteiger partial charge in [0.25, 0.3) is 0 Å². The summed E-state index contributed by atoms with van der Waals surface area (Å²) in [6.45, 7) is 1.96. The molecule has 19 heavy (non-hydrogen) atoms. The van der Waals surface area contributed by atoms with Crippen molar-refractivity contribution in [1.29, 1.82) is 0 Å². The van der Waals surface area contributed by atoms with E-state index in [2.05, 4.69) is 15.2 Å². The second-order valence-electron chi connectivity index (χ2n) is 4.21. The predicted octanol–water partition coefficient (Wildman–Crippen LogP) is 1.84. The summed E-state index contributed by atoms with van der Waals surface area (Å²) in [6, 6.07) is 6.86. The maximum absolute atomic E-state index is 11.4. The van der Waals surface area contributed by atoms with Gasteiger partial charge in [0.15, 0.2) is 5.82 Å². The Hall–Kier alpha value is -2.50. The summed E-state index contributed by atoms with van der Waals surface area (Å²) in [6.07, 6.45) is 0. The number of carbonyl (C=O) groups is 1. The lowest BCUT2D eigenvalue weighted by atomic mass is 10.1. The van der Waals surface area contributed by atoms with Crippen molar-refractivity contribution in [3.05, 3.63) is 35.5 Å². The molecule has 1 aromatic carbocycles. The molecule has 0 bridgehead atoms. The van der Waals surface area contributed by atoms with Crippen LogP contribution in [0, 0.1) is 6.92 Å².